The lowest BCUT2D eigenvalue weighted by molar-refractivity contribution is 0.581. The van der Waals surface area contributed by atoms with Crippen molar-refractivity contribution in [3.05, 3.63) is 75.6 Å². The van der Waals surface area contributed by atoms with Crippen molar-refractivity contribution < 1.29 is 8.42 Å². The van der Waals surface area contributed by atoms with Crippen LogP contribution in [0.3, 0.4) is 0 Å². The highest BCUT2D eigenvalue weighted by Gasteiger charge is 2.26. The minimum atomic E-state index is -3.77. The maximum Gasteiger partial charge on any atom is 0.270 e. The second-order valence-corrected chi connectivity index (χ2v) is 10.1. The van der Waals surface area contributed by atoms with E-state index in [1.165, 1.54) is 8.99 Å². The summed E-state index contributed by atoms with van der Waals surface area (Å²) in [4.78, 5) is 13.1. The average Bonchev–Trinajstić information content (AvgIpc) is 2.84. The SMILES string of the molecule is CCc1ccc(-c2nn(CC)c(=O)c3c2CCCC3)cc1S(=O)(=O)N(C)c1ccccc1. The maximum atomic E-state index is 13.6. The molecule has 0 unspecified atom stereocenters. The highest BCUT2D eigenvalue weighted by molar-refractivity contribution is 7.92. The van der Waals surface area contributed by atoms with E-state index in [1.54, 1.807) is 25.2 Å². The molecule has 4 rings (SSSR count). The highest BCUT2D eigenvalue weighted by atomic mass is 32.2. The molecule has 0 atom stereocenters. The molecule has 168 valence electrons. The molecule has 0 saturated carbocycles. The average molecular weight is 452 g/mol. The topological polar surface area (TPSA) is 72.3 Å². The fourth-order valence-electron chi connectivity index (χ4n) is 4.39. The molecule has 32 heavy (non-hydrogen) atoms. The number of sulfonamides is 1. The highest BCUT2D eigenvalue weighted by Crippen LogP contribution is 2.32. The van der Waals surface area contributed by atoms with Crippen molar-refractivity contribution in [2.75, 3.05) is 11.4 Å². The Kier molecular flexibility index (Phi) is 6.20. The number of aryl methyl sites for hydroxylation is 2. The Morgan fingerprint density at radius 1 is 1.00 bits per heavy atom. The van der Waals surface area contributed by atoms with Gasteiger partial charge in [0.25, 0.3) is 15.6 Å². The van der Waals surface area contributed by atoms with Crippen molar-refractivity contribution in [2.24, 2.45) is 0 Å². The molecule has 0 bridgehead atoms. The van der Waals surface area contributed by atoms with Crippen LogP contribution in [-0.2, 0) is 35.8 Å². The molecule has 0 N–H and O–H groups in total. The van der Waals surface area contributed by atoms with Crippen LogP contribution in [0.15, 0.2) is 58.2 Å². The zero-order chi connectivity index (χ0) is 22.9. The van der Waals surface area contributed by atoms with Crippen LogP contribution in [0.4, 0.5) is 5.69 Å². The van der Waals surface area contributed by atoms with E-state index in [-0.39, 0.29) is 10.5 Å². The number of anilines is 1. The second kappa shape index (κ2) is 8.90. The molecule has 6 nitrogen and oxygen atoms in total. The van der Waals surface area contributed by atoms with Crippen LogP contribution in [0.2, 0.25) is 0 Å². The summed E-state index contributed by atoms with van der Waals surface area (Å²) < 4.78 is 30.0. The van der Waals surface area contributed by atoms with Crippen molar-refractivity contribution in [3.63, 3.8) is 0 Å². The molecule has 1 aliphatic carbocycles. The molecule has 1 aromatic heterocycles. The molecule has 2 aromatic carbocycles. The zero-order valence-corrected chi connectivity index (χ0v) is 19.7. The molecule has 0 fully saturated rings. The third-order valence-corrected chi connectivity index (χ3v) is 8.11. The molecule has 0 aliphatic heterocycles. The van der Waals surface area contributed by atoms with Crippen molar-refractivity contribution in [1.29, 1.82) is 0 Å². The molecule has 3 aromatic rings. The van der Waals surface area contributed by atoms with Gasteiger partial charge in [-0.25, -0.2) is 13.1 Å². The van der Waals surface area contributed by atoms with Gasteiger partial charge in [0, 0.05) is 24.7 Å². The third-order valence-electron chi connectivity index (χ3n) is 6.25. The Balaban J connectivity index is 1.90. The Morgan fingerprint density at radius 2 is 1.69 bits per heavy atom. The fraction of sp³-hybridized carbons (Fsp3) is 0.360. The maximum absolute atomic E-state index is 13.6. The summed E-state index contributed by atoms with van der Waals surface area (Å²) >= 11 is 0. The summed E-state index contributed by atoms with van der Waals surface area (Å²) in [6.45, 7) is 4.33. The monoisotopic (exact) mass is 451 g/mol. The Hall–Kier alpha value is -2.93. The smallest absolute Gasteiger partial charge is 0.269 e. The lowest BCUT2D eigenvalue weighted by Crippen LogP contribution is -2.30. The number of hydrogen-bond acceptors (Lipinski definition) is 4. The Morgan fingerprint density at radius 3 is 2.34 bits per heavy atom. The minimum absolute atomic E-state index is 0.0206. The first-order valence-corrected chi connectivity index (χ1v) is 12.6. The summed E-state index contributed by atoms with van der Waals surface area (Å²) in [5.74, 6) is 0. The summed E-state index contributed by atoms with van der Waals surface area (Å²) in [6.07, 6.45) is 4.13. The van der Waals surface area contributed by atoms with Crippen molar-refractivity contribution >= 4 is 15.7 Å². The van der Waals surface area contributed by atoms with E-state index >= 15 is 0 Å². The van der Waals surface area contributed by atoms with Crippen LogP contribution in [0.1, 0.15) is 43.4 Å². The molecule has 7 heteroatoms. The summed E-state index contributed by atoms with van der Waals surface area (Å²) in [5, 5.41) is 4.65. The van der Waals surface area contributed by atoms with Crippen molar-refractivity contribution in [3.8, 4) is 11.3 Å². The molecule has 0 spiro atoms. The molecular formula is C25H29N3O3S. The van der Waals surface area contributed by atoms with Gasteiger partial charge in [0.2, 0.25) is 0 Å². The zero-order valence-electron chi connectivity index (χ0n) is 18.8. The number of aromatic nitrogens is 2. The van der Waals surface area contributed by atoms with Gasteiger partial charge >= 0.3 is 0 Å². The van der Waals surface area contributed by atoms with Gasteiger partial charge in [0.05, 0.1) is 16.3 Å². The van der Waals surface area contributed by atoms with E-state index < -0.39 is 10.0 Å². The molecule has 0 saturated heterocycles. The first-order valence-electron chi connectivity index (χ1n) is 11.2. The van der Waals surface area contributed by atoms with Gasteiger partial charge in [-0.1, -0.05) is 37.3 Å². The molecule has 1 aliphatic rings. The van der Waals surface area contributed by atoms with E-state index in [0.29, 0.717) is 18.7 Å². The number of nitrogens with zero attached hydrogens (tertiary/aromatic N) is 3. The predicted molar refractivity (Wildman–Crippen MR) is 128 cm³/mol. The lowest BCUT2D eigenvalue weighted by Gasteiger charge is -2.23. The van der Waals surface area contributed by atoms with Gasteiger partial charge in [0.15, 0.2) is 0 Å². The molecule has 0 radical (unpaired) electrons. The predicted octanol–water partition coefficient (Wildman–Crippen LogP) is 4.20. The minimum Gasteiger partial charge on any atom is -0.269 e. The van der Waals surface area contributed by atoms with Crippen LogP contribution in [-0.4, -0.2) is 25.2 Å². The fourth-order valence-corrected chi connectivity index (χ4v) is 5.90. The number of para-hydroxylation sites is 1. The Bertz CT molecular complexity index is 1300. The molecule has 1 heterocycles. The Labute approximate surface area is 189 Å². The molecular weight excluding hydrogens is 422 g/mol. The normalized spacial score (nSPS) is 13.6. The van der Waals surface area contributed by atoms with Crippen molar-refractivity contribution in [1.82, 2.24) is 9.78 Å². The van der Waals surface area contributed by atoms with E-state index in [2.05, 4.69) is 5.10 Å². The van der Waals surface area contributed by atoms with Crippen LogP contribution in [0.25, 0.3) is 11.3 Å². The van der Waals surface area contributed by atoms with E-state index in [1.807, 2.05) is 44.2 Å². The van der Waals surface area contributed by atoms with Crippen LogP contribution in [0, 0.1) is 0 Å². The van der Waals surface area contributed by atoms with Crippen LogP contribution < -0.4 is 9.86 Å². The van der Waals surface area contributed by atoms with Gasteiger partial charge in [-0.15, -0.1) is 0 Å². The van der Waals surface area contributed by atoms with E-state index in [0.717, 1.165) is 53.6 Å². The number of hydrogen-bond donors (Lipinski definition) is 0. The first kappa shape index (κ1) is 22.3. The number of benzene rings is 2. The largest absolute Gasteiger partial charge is 0.270 e. The summed E-state index contributed by atoms with van der Waals surface area (Å²) in [7, 11) is -2.20. The van der Waals surface area contributed by atoms with Crippen molar-refractivity contribution in [2.45, 2.75) is 57.4 Å². The summed E-state index contributed by atoms with van der Waals surface area (Å²) in [6, 6.07) is 14.6. The van der Waals surface area contributed by atoms with Gasteiger partial charge in [-0.05, 0) is 68.4 Å². The van der Waals surface area contributed by atoms with Crippen LogP contribution >= 0.6 is 0 Å². The first-order chi connectivity index (χ1) is 15.4. The van der Waals surface area contributed by atoms with E-state index in [9.17, 15) is 13.2 Å². The quantitative estimate of drug-likeness (QED) is 0.563. The van der Waals surface area contributed by atoms with Crippen LogP contribution in [0.5, 0.6) is 0 Å². The van der Waals surface area contributed by atoms with Gasteiger partial charge in [-0.3, -0.25) is 9.10 Å². The second-order valence-electron chi connectivity index (χ2n) is 8.12. The molecule has 0 amide bonds. The third kappa shape index (κ3) is 3.86. The van der Waals surface area contributed by atoms with E-state index in [4.69, 9.17) is 0 Å². The summed E-state index contributed by atoms with van der Waals surface area (Å²) in [5.41, 5.74) is 4.60. The lowest BCUT2D eigenvalue weighted by atomic mass is 9.89. The number of rotatable bonds is 6. The van der Waals surface area contributed by atoms with Gasteiger partial charge in [0.1, 0.15) is 0 Å². The standard InChI is InChI=1S/C25H29N3O3S/c1-4-18-15-16-19(17-23(18)32(30,31)27(3)20-11-7-6-8-12-20)24-21-13-9-10-14-22(21)25(29)28(5-2)26-24/h6-8,11-12,15-17H,4-5,9-10,13-14H2,1-3H3. The number of fused-ring (bicyclic) bond motifs is 1. The van der Waals surface area contributed by atoms with Gasteiger partial charge in [-0.2, -0.15) is 5.10 Å². The van der Waals surface area contributed by atoms with Gasteiger partial charge < -0.3 is 0 Å².